The molecule has 0 unspecified atom stereocenters. The Morgan fingerprint density at radius 1 is 1.31 bits per heavy atom. The van der Waals surface area contributed by atoms with E-state index in [1.165, 1.54) is 6.07 Å². The molecule has 1 aromatic heterocycles. The van der Waals surface area contributed by atoms with Crippen molar-refractivity contribution in [3.63, 3.8) is 0 Å². The summed E-state index contributed by atoms with van der Waals surface area (Å²) in [5.41, 5.74) is 0.467. The molecule has 1 nitrogen and oxygen atoms in total. The Hall–Kier alpha value is -0.580. The van der Waals surface area contributed by atoms with Crippen molar-refractivity contribution in [1.82, 2.24) is 0 Å². The second kappa shape index (κ2) is 5.17. The zero-order valence-electron chi connectivity index (χ0n) is 8.14. The highest BCUT2D eigenvalue weighted by molar-refractivity contribution is 9.11. The van der Waals surface area contributed by atoms with E-state index in [2.05, 4.69) is 21.2 Å². The molecule has 0 atom stereocenters. The van der Waals surface area contributed by atoms with Gasteiger partial charge >= 0.3 is 0 Å². The topological polar surface area (TPSA) is 12.0 Å². The predicted octanol–water partition coefficient (Wildman–Crippen LogP) is 4.92. The van der Waals surface area contributed by atoms with Crippen molar-refractivity contribution < 1.29 is 4.39 Å². The maximum atomic E-state index is 13.4. The van der Waals surface area contributed by atoms with Crippen molar-refractivity contribution in [2.75, 3.05) is 5.32 Å². The lowest BCUT2D eigenvalue weighted by Gasteiger charge is -2.06. The molecule has 84 valence electrons. The number of rotatable bonds is 3. The van der Waals surface area contributed by atoms with Gasteiger partial charge in [-0.25, -0.2) is 4.39 Å². The minimum atomic E-state index is -0.330. The molecule has 2 rings (SSSR count). The summed E-state index contributed by atoms with van der Waals surface area (Å²) in [5, 5.41) is 3.43. The van der Waals surface area contributed by atoms with Crippen LogP contribution in [0.25, 0.3) is 0 Å². The van der Waals surface area contributed by atoms with Crippen LogP contribution in [0, 0.1) is 5.82 Å². The lowest BCUT2D eigenvalue weighted by atomic mass is 10.3. The molecular weight excluding hydrogens is 313 g/mol. The van der Waals surface area contributed by atoms with Crippen molar-refractivity contribution in [2.24, 2.45) is 0 Å². The number of nitrogens with one attached hydrogen (secondary N) is 1. The van der Waals surface area contributed by atoms with Gasteiger partial charge in [0.15, 0.2) is 0 Å². The van der Waals surface area contributed by atoms with Crippen molar-refractivity contribution in [1.29, 1.82) is 0 Å². The van der Waals surface area contributed by atoms with Crippen molar-refractivity contribution in [3.05, 3.63) is 49.8 Å². The summed E-state index contributed by atoms with van der Waals surface area (Å²) in [6, 6.07) is 8.57. The number of hydrogen-bond acceptors (Lipinski definition) is 2. The smallest absolute Gasteiger partial charge is 0.147 e. The van der Waals surface area contributed by atoms with Crippen molar-refractivity contribution in [3.8, 4) is 0 Å². The van der Waals surface area contributed by atoms with Crippen LogP contribution in [0.4, 0.5) is 10.1 Å². The highest BCUT2D eigenvalue weighted by Gasteiger charge is 2.03. The monoisotopic (exact) mass is 319 g/mol. The van der Waals surface area contributed by atoms with Gasteiger partial charge in [-0.2, -0.15) is 0 Å². The Kier molecular flexibility index (Phi) is 3.84. The maximum Gasteiger partial charge on any atom is 0.147 e. The normalized spacial score (nSPS) is 10.4. The largest absolute Gasteiger partial charge is 0.378 e. The number of thiophene rings is 1. The Balaban J connectivity index is 2.04. The van der Waals surface area contributed by atoms with Crippen LogP contribution in [0.5, 0.6) is 0 Å². The van der Waals surface area contributed by atoms with E-state index in [-0.39, 0.29) is 5.82 Å². The Morgan fingerprint density at radius 3 is 2.75 bits per heavy atom. The van der Waals surface area contributed by atoms with Crippen LogP contribution >= 0.6 is 38.9 Å². The summed E-state index contributed by atoms with van der Waals surface area (Å²) in [6.45, 7) is 0.606. The van der Waals surface area contributed by atoms with Crippen LogP contribution < -0.4 is 5.32 Å². The van der Waals surface area contributed by atoms with Gasteiger partial charge in [0.2, 0.25) is 0 Å². The quantitative estimate of drug-likeness (QED) is 0.847. The van der Waals surface area contributed by atoms with E-state index >= 15 is 0 Å². The lowest BCUT2D eigenvalue weighted by molar-refractivity contribution is 0.630. The molecular formula is C11H8BrClFNS. The van der Waals surface area contributed by atoms with E-state index < -0.39 is 0 Å². The fourth-order valence-electron chi connectivity index (χ4n) is 1.26. The average molecular weight is 321 g/mol. The molecule has 0 radical (unpaired) electrons. The number of benzene rings is 1. The standard InChI is InChI=1S/C11H8BrClFNS/c12-11-4-2-8(16-11)6-15-10-3-1-7(13)5-9(10)14/h1-5,15H,6H2. The maximum absolute atomic E-state index is 13.4. The van der Waals surface area contributed by atoms with E-state index in [4.69, 9.17) is 11.6 Å². The Bertz CT molecular complexity index is 500. The summed E-state index contributed by atoms with van der Waals surface area (Å²) in [6.07, 6.45) is 0. The molecule has 5 heteroatoms. The highest BCUT2D eigenvalue weighted by atomic mass is 79.9. The first-order valence-corrected chi connectivity index (χ1v) is 6.57. The Morgan fingerprint density at radius 2 is 2.12 bits per heavy atom. The molecule has 0 saturated carbocycles. The fraction of sp³-hybridized carbons (Fsp3) is 0.0909. The molecule has 0 spiro atoms. The number of halogens is 3. The molecule has 1 heterocycles. The number of anilines is 1. The van der Waals surface area contributed by atoms with E-state index in [1.54, 1.807) is 23.5 Å². The third-order valence-electron chi connectivity index (χ3n) is 2.01. The van der Waals surface area contributed by atoms with Crippen LogP contribution in [-0.2, 0) is 6.54 Å². The highest BCUT2D eigenvalue weighted by Crippen LogP contribution is 2.24. The first-order chi connectivity index (χ1) is 7.65. The zero-order chi connectivity index (χ0) is 11.5. The second-order valence-electron chi connectivity index (χ2n) is 3.18. The van der Waals surface area contributed by atoms with Gasteiger partial charge in [-0.15, -0.1) is 11.3 Å². The molecule has 16 heavy (non-hydrogen) atoms. The van der Waals surface area contributed by atoms with Crippen LogP contribution in [0.2, 0.25) is 5.02 Å². The molecule has 2 aromatic rings. The summed E-state index contributed by atoms with van der Waals surface area (Å²) in [4.78, 5) is 1.14. The molecule has 0 fully saturated rings. The first-order valence-electron chi connectivity index (χ1n) is 4.58. The third-order valence-corrected chi connectivity index (χ3v) is 3.87. The minimum absolute atomic E-state index is 0.330. The summed E-state index contributed by atoms with van der Waals surface area (Å²) < 4.78 is 14.5. The van der Waals surface area contributed by atoms with Gasteiger partial charge < -0.3 is 5.32 Å². The first kappa shape index (κ1) is 11.9. The van der Waals surface area contributed by atoms with E-state index in [9.17, 15) is 4.39 Å². The van der Waals surface area contributed by atoms with Crippen LogP contribution in [-0.4, -0.2) is 0 Å². The SMILES string of the molecule is Fc1cc(Cl)ccc1NCc1ccc(Br)s1. The molecule has 1 N–H and O–H groups in total. The van der Waals surface area contributed by atoms with Gasteiger partial charge in [-0.1, -0.05) is 11.6 Å². The van der Waals surface area contributed by atoms with Gasteiger partial charge in [-0.3, -0.25) is 0 Å². The van der Waals surface area contributed by atoms with E-state index in [1.807, 2.05) is 12.1 Å². The van der Waals surface area contributed by atoms with Crippen molar-refractivity contribution in [2.45, 2.75) is 6.54 Å². The Labute approximate surface area is 110 Å². The third kappa shape index (κ3) is 2.97. The van der Waals surface area contributed by atoms with Crippen LogP contribution in [0.3, 0.4) is 0 Å². The van der Waals surface area contributed by atoms with Gasteiger partial charge in [-0.05, 0) is 46.3 Å². The van der Waals surface area contributed by atoms with Gasteiger partial charge in [0, 0.05) is 16.4 Å². The lowest BCUT2D eigenvalue weighted by Crippen LogP contribution is -1.99. The summed E-state index contributed by atoms with van der Waals surface area (Å²) in [7, 11) is 0. The number of hydrogen-bond donors (Lipinski definition) is 1. The van der Waals surface area contributed by atoms with Crippen LogP contribution in [0.1, 0.15) is 4.88 Å². The zero-order valence-corrected chi connectivity index (χ0v) is 11.3. The molecule has 1 aromatic carbocycles. The van der Waals surface area contributed by atoms with E-state index in [0.717, 1.165) is 8.66 Å². The fourth-order valence-corrected chi connectivity index (χ4v) is 2.84. The molecule has 0 aliphatic rings. The molecule has 0 aliphatic carbocycles. The average Bonchev–Trinajstić information content (AvgIpc) is 2.63. The summed E-state index contributed by atoms with van der Waals surface area (Å²) >= 11 is 10.7. The van der Waals surface area contributed by atoms with Crippen molar-refractivity contribution >= 4 is 44.6 Å². The minimum Gasteiger partial charge on any atom is -0.378 e. The predicted molar refractivity (Wildman–Crippen MR) is 70.8 cm³/mol. The second-order valence-corrected chi connectivity index (χ2v) is 6.17. The molecule has 0 saturated heterocycles. The van der Waals surface area contributed by atoms with Gasteiger partial charge in [0.05, 0.1) is 9.47 Å². The molecule has 0 amide bonds. The van der Waals surface area contributed by atoms with Gasteiger partial charge in [0.1, 0.15) is 5.82 Å². The molecule has 0 bridgehead atoms. The summed E-state index contributed by atoms with van der Waals surface area (Å²) in [5.74, 6) is -0.330. The van der Waals surface area contributed by atoms with Gasteiger partial charge in [0.25, 0.3) is 0 Å². The van der Waals surface area contributed by atoms with E-state index in [0.29, 0.717) is 17.3 Å². The van der Waals surface area contributed by atoms with Crippen LogP contribution in [0.15, 0.2) is 34.1 Å². The molecule has 0 aliphatic heterocycles.